The Kier molecular flexibility index (Phi) is 11.0. The van der Waals surface area contributed by atoms with Crippen LogP contribution in [0.25, 0.3) is 0 Å². The van der Waals surface area contributed by atoms with Crippen LogP contribution in [0.1, 0.15) is 89.0 Å². The van der Waals surface area contributed by atoms with E-state index in [4.69, 9.17) is 4.74 Å². The Hall–Kier alpha value is -1.49. The third-order valence-electron chi connectivity index (χ3n) is 4.50. The number of benzene rings is 1. The monoisotopic (exact) mass is 315 g/mol. The highest BCUT2D eigenvalue weighted by Gasteiger charge is 2.10. The van der Waals surface area contributed by atoms with Gasteiger partial charge in [0.15, 0.2) is 0 Å². The molecule has 23 heavy (non-hydrogen) atoms. The zero-order valence-corrected chi connectivity index (χ0v) is 15.0. The predicted octanol–water partition coefficient (Wildman–Crippen LogP) is 6.61. The van der Waals surface area contributed by atoms with Crippen LogP contribution in [0, 0.1) is 11.3 Å². The number of hydrogen-bond donors (Lipinski definition) is 0. The molecule has 0 spiro atoms. The molecule has 1 aromatic rings. The van der Waals surface area contributed by atoms with Crippen LogP contribution in [-0.4, -0.2) is 7.11 Å². The Labute approximate surface area is 142 Å². The summed E-state index contributed by atoms with van der Waals surface area (Å²) in [6.07, 6.45) is 14.3. The Bertz CT molecular complexity index is 449. The molecule has 0 aliphatic carbocycles. The number of ether oxygens (including phenoxy) is 1. The summed E-state index contributed by atoms with van der Waals surface area (Å²) in [5, 5.41) is 9.40. The van der Waals surface area contributed by atoms with Crippen molar-refractivity contribution in [2.45, 2.75) is 83.5 Å². The van der Waals surface area contributed by atoms with Gasteiger partial charge in [-0.1, -0.05) is 83.3 Å². The van der Waals surface area contributed by atoms with Gasteiger partial charge in [0.25, 0.3) is 0 Å². The number of rotatable bonds is 13. The topological polar surface area (TPSA) is 33.0 Å². The molecule has 0 amide bonds. The number of hydrogen-bond acceptors (Lipinski definition) is 2. The molecule has 0 aliphatic heterocycles. The van der Waals surface area contributed by atoms with Crippen molar-refractivity contribution in [2.24, 2.45) is 0 Å². The standard InChI is InChI=1S/C21H33NO/c1-3-4-5-6-7-8-9-10-11-12-14-20(18-22)19-15-13-16-21(17-19)23-2/h13,15-17,20H,3-12,14H2,1-2H3/t20-/m0/s1. The van der Waals surface area contributed by atoms with Gasteiger partial charge >= 0.3 is 0 Å². The van der Waals surface area contributed by atoms with Gasteiger partial charge < -0.3 is 4.74 Å². The lowest BCUT2D eigenvalue weighted by Gasteiger charge is -2.10. The first-order chi connectivity index (χ1) is 11.3. The summed E-state index contributed by atoms with van der Waals surface area (Å²) in [5.41, 5.74) is 1.09. The van der Waals surface area contributed by atoms with Crippen LogP contribution < -0.4 is 4.74 Å². The second-order valence-electron chi connectivity index (χ2n) is 6.43. The maximum Gasteiger partial charge on any atom is 0.119 e. The molecule has 0 aromatic heterocycles. The third kappa shape index (κ3) is 8.65. The van der Waals surface area contributed by atoms with Gasteiger partial charge in [-0.05, 0) is 24.1 Å². The fourth-order valence-corrected chi connectivity index (χ4v) is 3.00. The first kappa shape index (κ1) is 19.6. The molecule has 0 radical (unpaired) electrons. The molecular formula is C21H33NO. The van der Waals surface area contributed by atoms with Crippen LogP contribution in [0.3, 0.4) is 0 Å². The number of methoxy groups -OCH3 is 1. The minimum Gasteiger partial charge on any atom is -0.497 e. The molecule has 0 heterocycles. The largest absolute Gasteiger partial charge is 0.497 e. The van der Waals surface area contributed by atoms with Crippen molar-refractivity contribution in [1.29, 1.82) is 5.26 Å². The minimum atomic E-state index is -0.000793. The van der Waals surface area contributed by atoms with Crippen molar-refractivity contribution < 1.29 is 4.74 Å². The molecule has 2 nitrogen and oxygen atoms in total. The third-order valence-corrected chi connectivity index (χ3v) is 4.50. The van der Waals surface area contributed by atoms with Crippen LogP contribution in [0.4, 0.5) is 0 Å². The van der Waals surface area contributed by atoms with Gasteiger partial charge in [-0.3, -0.25) is 0 Å². The van der Waals surface area contributed by atoms with E-state index in [1.165, 1.54) is 57.8 Å². The van der Waals surface area contributed by atoms with Crippen LogP contribution in [0.15, 0.2) is 24.3 Å². The van der Waals surface area contributed by atoms with Crippen LogP contribution in [0.5, 0.6) is 5.75 Å². The molecule has 128 valence electrons. The molecule has 0 bridgehead atoms. The van der Waals surface area contributed by atoms with Crippen molar-refractivity contribution in [3.8, 4) is 11.8 Å². The van der Waals surface area contributed by atoms with Crippen molar-refractivity contribution in [3.63, 3.8) is 0 Å². The molecule has 0 N–H and O–H groups in total. The van der Waals surface area contributed by atoms with Gasteiger partial charge in [0.05, 0.1) is 19.1 Å². The second kappa shape index (κ2) is 13.0. The van der Waals surface area contributed by atoms with Crippen LogP contribution in [0.2, 0.25) is 0 Å². The fourth-order valence-electron chi connectivity index (χ4n) is 3.00. The SMILES string of the molecule is CCCCCCCCCCCC[C@@H](C#N)c1cccc(OC)c1. The van der Waals surface area contributed by atoms with Gasteiger partial charge in [-0.15, -0.1) is 0 Å². The highest BCUT2D eigenvalue weighted by atomic mass is 16.5. The highest BCUT2D eigenvalue weighted by Crippen LogP contribution is 2.25. The van der Waals surface area contributed by atoms with Crippen molar-refractivity contribution >= 4 is 0 Å². The van der Waals surface area contributed by atoms with E-state index in [1.54, 1.807) is 7.11 Å². The lowest BCUT2D eigenvalue weighted by molar-refractivity contribution is 0.414. The Morgan fingerprint density at radius 1 is 0.957 bits per heavy atom. The first-order valence-electron chi connectivity index (χ1n) is 9.35. The van der Waals surface area contributed by atoms with Gasteiger partial charge in [-0.25, -0.2) is 0 Å². The van der Waals surface area contributed by atoms with E-state index >= 15 is 0 Å². The Morgan fingerprint density at radius 2 is 1.57 bits per heavy atom. The maximum atomic E-state index is 9.40. The normalized spacial score (nSPS) is 11.9. The average Bonchev–Trinajstić information content (AvgIpc) is 2.60. The first-order valence-corrected chi connectivity index (χ1v) is 9.35. The zero-order chi connectivity index (χ0) is 16.8. The van der Waals surface area contributed by atoms with Crippen molar-refractivity contribution in [1.82, 2.24) is 0 Å². The highest BCUT2D eigenvalue weighted by molar-refractivity contribution is 5.33. The summed E-state index contributed by atoms with van der Waals surface area (Å²) in [4.78, 5) is 0. The summed E-state index contributed by atoms with van der Waals surface area (Å²) in [7, 11) is 1.67. The summed E-state index contributed by atoms with van der Waals surface area (Å²) < 4.78 is 5.25. The van der Waals surface area contributed by atoms with Crippen molar-refractivity contribution in [3.05, 3.63) is 29.8 Å². The van der Waals surface area contributed by atoms with E-state index in [-0.39, 0.29) is 5.92 Å². The van der Waals surface area contributed by atoms with E-state index in [0.717, 1.165) is 24.2 Å². The summed E-state index contributed by atoms with van der Waals surface area (Å²) in [5.74, 6) is 0.838. The van der Waals surface area contributed by atoms with Crippen LogP contribution >= 0.6 is 0 Å². The van der Waals surface area contributed by atoms with E-state index < -0.39 is 0 Å². The Morgan fingerprint density at radius 3 is 2.13 bits per heavy atom. The molecule has 1 atom stereocenters. The van der Waals surface area contributed by atoms with Gasteiger partial charge in [0.2, 0.25) is 0 Å². The lowest BCUT2D eigenvalue weighted by atomic mass is 9.94. The molecule has 0 unspecified atom stereocenters. The molecule has 0 saturated carbocycles. The van der Waals surface area contributed by atoms with E-state index in [2.05, 4.69) is 13.0 Å². The van der Waals surface area contributed by atoms with Gasteiger partial charge in [0.1, 0.15) is 5.75 Å². The maximum absolute atomic E-state index is 9.40. The summed E-state index contributed by atoms with van der Waals surface area (Å²) in [6, 6.07) is 10.4. The van der Waals surface area contributed by atoms with Crippen molar-refractivity contribution in [2.75, 3.05) is 7.11 Å². The molecule has 1 aromatic carbocycles. The van der Waals surface area contributed by atoms with Gasteiger partial charge in [0, 0.05) is 0 Å². The second-order valence-corrected chi connectivity index (χ2v) is 6.43. The quantitative estimate of drug-likeness (QED) is 0.383. The number of nitriles is 1. The summed E-state index contributed by atoms with van der Waals surface area (Å²) >= 11 is 0. The lowest BCUT2D eigenvalue weighted by Crippen LogP contribution is -1.97. The van der Waals surface area contributed by atoms with E-state index in [0.29, 0.717) is 0 Å². The van der Waals surface area contributed by atoms with Crippen LogP contribution in [-0.2, 0) is 0 Å². The number of unbranched alkanes of at least 4 members (excludes halogenated alkanes) is 9. The average molecular weight is 316 g/mol. The molecule has 0 saturated heterocycles. The van der Waals surface area contributed by atoms with E-state index in [9.17, 15) is 5.26 Å². The fraction of sp³-hybridized carbons (Fsp3) is 0.667. The zero-order valence-electron chi connectivity index (χ0n) is 15.0. The minimum absolute atomic E-state index is 0.000793. The molecule has 0 fully saturated rings. The number of nitrogens with zero attached hydrogens (tertiary/aromatic N) is 1. The van der Waals surface area contributed by atoms with Gasteiger partial charge in [-0.2, -0.15) is 5.26 Å². The molecule has 2 heteroatoms. The molecule has 0 aliphatic rings. The predicted molar refractivity (Wildman–Crippen MR) is 97.8 cm³/mol. The smallest absolute Gasteiger partial charge is 0.119 e. The van der Waals surface area contributed by atoms with E-state index in [1.807, 2.05) is 24.3 Å². The Balaban J connectivity index is 2.12. The molecule has 1 rings (SSSR count). The summed E-state index contributed by atoms with van der Waals surface area (Å²) in [6.45, 7) is 2.26. The molecular weight excluding hydrogens is 282 g/mol.